The van der Waals surface area contributed by atoms with Crippen molar-refractivity contribution in [2.45, 2.75) is 26.1 Å². The highest BCUT2D eigenvalue weighted by Crippen LogP contribution is 2.24. The fourth-order valence-corrected chi connectivity index (χ4v) is 2.07. The van der Waals surface area contributed by atoms with Crippen molar-refractivity contribution in [3.05, 3.63) is 59.7 Å². The van der Waals surface area contributed by atoms with Gasteiger partial charge in [-0.1, -0.05) is 29.8 Å². The topological polar surface area (TPSA) is 55.4 Å². The standard InChI is InChI=1S/C18H16F3NO3/c1-12-2-4-13(5-3-12)16(23)10-11-17(24)22-14-6-8-15(9-7-14)25-18(19,20)21/h2-9H,10-11H2,1H3,(H,22,24). The minimum Gasteiger partial charge on any atom is -0.406 e. The zero-order chi connectivity index (χ0) is 18.4. The third-order valence-corrected chi connectivity index (χ3v) is 3.32. The maximum atomic E-state index is 12.1. The number of amides is 1. The molecular formula is C18H16F3NO3. The van der Waals surface area contributed by atoms with Crippen LogP contribution in [0.3, 0.4) is 0 Å². The maximum absolute atomic E-state index is 12.1. The third kappa shape index (κ3) is 6.29. The van der Waals surface area contributed by atoms with Crippen molar-refractivity contribution >= 4 is 17.4 Å². The Morgan fingerprint density at radius 1 is 0.960 bits per heavy atom. The molecule has 0 aliphatic heterocycles. The summed E-state index contributed by atoms with van der Waals surface area (Å²) in [6, 6.07) is 11.8. The number of carbonyl (C=O) groups excluding carboxylic acids is 2. The summed E-state index contributed by atoms with van der Waals surface area (Å²) in [6.45, 7) is 1.91. The van der Waals surface area contributed by atoms with E-state index in [9.17, 15) is 22.8 Å². The third-order valence-electron chi connectivity index (χ3n) is 3.32. The molecule has 0 heterocycles. The van der Waals surface area contributed by atoms with E-state index in [0.29, 0.717) is 11.3 Å². The van der Waals surface area contributed by atoms with E-state index < -0.39 is 12.3 Å². The Bertz CT molecular complexity index is 738. The van der Waals surface area contributed by atoms with Gasteiger partial charge in [-0.25, -0.2) is 0 Å². The Kier molecular flexibility index (Phi) is 5.80. The Morgan fingerprint density at radius 3 is 2.12 bits per heavy atom. The summed E-state index contributed by atoms with van der Waals surface area (Å²) < 4.78 is 39.9. The predicted octanol–water partition coefficient (Wildman–Crippen LogP) is 4.50. The van der Waals surface area contributed by atoms with Gasteiger partial charge < -0.3 is 10.1 Å². The number of ketones is 1. The number of nitrogens with one attached hydrogen (secondary N) is 1. The smallest absolute Gasteiger partial charge is 0.406 e. The van der Waals surface area contributed by atoms with Crippen LogP contribution in [0.2, 0.25) is 0 Å². The lowest BCUT2D eigenvalue weighted by Gasteiger charge is -2.10. The normalized spacial score (nSPS) is 11.0. The van der Waals surface area contributed by atoms with E-state index >= 15 is 0 Å². The number of rotatable bonds is 6. The lowest BCUT2D eigenvalue weighted by Crippen LogP contribution is -2.17. The van der Waals surface area contributed by atoms with Crippen molar-refractivity contribution in [3.63, 3.8) is 0 Å². The van der Waals surface area contributed by atoms with Crippen molar-refractivity contribution in [2.75, 3.05) is 5.32 Å². The Hall–Kier alpha value is -2.83. The zero-order valence-electron chi connectivity index (χ0n) is 13.4. The molecule has 0 bridgehead atoms. The summed E-state index contributed by atoms with van der Waals surface area (Å²) in [5.74, 6) is -0.922. The van der Waals surface area contributed by atoms with Gasteiger partial charge in [0, 0.05) is 24.1 Å². The van der Waals surface area contributed by atoms with Gasteiger partial charge in [-0.05, 0) is 31.2 Å². The number of ether oxygens (including phenoxy) is 1. The van der Waals surface area contributed by atoms with Crippen molar-refractivity contribution < 1.29 is 27.5 Å². The summed E-state index contributed by atoms with van der Waals surface area (Å²) >= 11 is 0. The minimum atomic E-state index is -4.76. The summed E-state index contributed by atoms with van der Waals surface area (Å²) in [7, 11) is 0. The molecule has 0 aromatic heterocycles. The van der Waals surface area contributed by atoms with Crippen LogP contribution in [0, 0.1) is 6.92 Å². The highest BCUT2D eigenvalue weighted by Gasteiger charge is 2.30. The molecule has 2 aromatic rings. The molecular weight excluding hydrogens is 335 g/mol. The molecule has 0 atom stereocenters. The van der Waals surface area contributed by atoms with E-state index in [1.165, 1.54) is 12.1 Å². The van der Waals surface area contributed by atoms with Crippen molar-refractivity contribution in [1.29, 1.82) is 0 Å². The fourth-order valence-electron chi connectivity index (χ4n) is 2.07. The number of alkyl halides is 3. The number of halogens is 3. The first kappa shape index (κ1) is 18.5. The van der Waals surface area contributed by atoms with Gasteiger partial charge in [-0.3, -0.25) is 9.59 Å². The number of anilines is 1. The molecule has 7 heteroatoms. The SMILES string of the molecule is Cc1ccc(C(=O)CCC(=O)Nc2ccc(OC(F)(F)F)cc2)cc1. The molecule has 0 radical (unpaired) electrons. The van der Waals surface area contributed by atoms with Gasteiger partial charge in [0.2, 0.25) is 5.91 Å². The van der Waals surface area contributed by atoms with E-state index in [1.807, 2.05) is 19.1 Å². The monoisotopic (exact) mass is 351 g/mol. The maximum Gasteiger partial charge on any atom is 0.573 e. The minimum absolute atomic E-state index is 0.0203. The fraction of sp³-hybridized carbons (Fsp3) is 0.222. The second kappa shape index (κ2) is 7.83. The highest BCUT2D eigenvalue weighted by molar-refractivity contribution is 6.00. The van der Waals surface area contributed by atoms with E-state index in [4.69, 9.17) is 0 Å². The number of aryl methyl sites for hydroxylation is 1. The number of hydrogen-bond donors (Lipinski definition) is 1. The average Bonchev–Trinajstić information content (AvgIpc) is 2.54. The summed E-state index contributed by atoms with van der Waals surface area (Å²) in [5.41, 5.74) is 1.89. The van der Waals surface area contributed by atoms with Crippen LogP contribution in [0.15, 0.2) is 48.5 Å². The van der Waals surface area contributed by atoms with Gasteiger partial charge in [0.1, 0.15) is 5.75 Å². The Balaban J connectivity index is 1.83. The van der Waals surface area contributed by atoms with Crippen molar-refractivity contribution in [3.8, 4) is 5.75 Å². The van der Waals surface area contributed by atoms with Crippen LogP contribution in [-0.2, 0) is 4.79 Å². The second-order valence-corrected chi connectivity index (χ2v) is 5.41. The molecule has 0 saturated heterocycles. The molecule has 1 amide bonds. The first-order valence-electron chi connectivity index (χ1n) is 7.48. The lowest BCUT2D eigenvalue weighted by atomic mass is 10.0. The number of benzene rings is 2. The molecule has 0 spiro atoms. The average molecular weight is 351 g/mol. The van der Waals surface area contributed by atoms with Crippen LogP contribution in [0.25, 0.3) is 0 Å². The zero-order valence-corrected chi connectivity index (χ0v) is 13.4. The molecule has 132 valence electrons. The molecule has 1 N–H and O–H groups in total. The van der Waals surface area contributed by atoms with Crippen LogP contribution in [-0.4, -0.2) is 18.1 Å². The predicted molar refractivity (Wildman–Crippen MR) is 86.5 cm³/mol. The number of carbonyl (C=O) groups is 2. The highest BCUT2D eigenvalue weighted by atomic mass is 19.4. The first-order chi connectivity index (χ1) is 11.7. The molecule has 0 saturated carbocycles. The Labute approximate surface area is 142 Å². The van der Waals surface area contributed by atoms with Gasteiger partial charge in [-0.15, -0.1) is 13.2 Å². The molecule has 0 aliphatic rings. The molecule has 4 nitrogen and oxygen atoms in total. The van der Waals surface area contributed by atoms with E-state index in [-0.39, 0.29) is 24.4 Å². The van der Waals surface area contributed by atoms with Crippen molar-refractivity contribution in [2.24, 2.45) is 0 Å². The van der Waals surface area contributed by atoms with Gasteiger partial charge in [0.25, 0.3) is 0 Å². The molecule has 0 unspecified atom stereocenters. The van der Waals surface area contributed by atoms with Crippen molar-refractivity contribution in [1.82, 2.24) is 0 Å². The molecule has 2 rings (SSSR count). The lowest BCUT2D eigenvalue weighted by molar-refractivity contribution is -0.274. The second-order valence-electron chi connectivity index (χ2n) is 5.41. The summed E-state index contributed by atoms with van der Waals surface area (Å²) in [6.07, 6.45) is -4.74. The van der Waals surface area contributed by atoms with Crippen LogP contribution in [0.5, 0.6) is 5.75 Å². The van der Waals surface area contributed by atoms with E-state index in [1.54, 1.807) is 12.1 Å². The molecule has 0 aliphatic carbocycles. The summed E-state index contributed by atoms with van der Waals surface area (Å²) in [5, 5.41) is 2.52. The number of hydrogen-bond acceptors (Lipinski definition) is 3. The van der Waals surface area contributed by atoms with Gasteiger partial charge in [-0.2, -0.15) is 0 Å². The van der Waals surface area contributed by atoms with E-state index in [0.717, 1.165) is 17.7 Å². The largest absolute Gasteiger partial charge is 0.573 e. The quantitative estimate of drug-likeness (QED) is 0.780. The molecule has 0 fully saturated rings. The van der Waals surface area contributed by atoms with Gasteiger partial charge in [0.15, 0.2) is 5.78 Å². The molecule has 2 aromatic carbocycles. The first-order valence-corrected chi connectivity index (χ1v) is 7.48. The number of Topliss-reactive ketones (excluding diaryl/α,β-unsaturated/α-hetero) is 1. The van der Waals surface area contributed by atoms with Gasteiger partial charge in [0.05, 0.1) is 0 Å². The van der Waals surface area contributed by atoms with E-state index in [2.05, 4.69) is 10.1 Å². The van der Waals surface area contributed by atoms with Crippen LogP contribution >= 0.6 is 0 Å². The van der Waals surface area contributed by atoms with Crippen LogP contribution in [0.1, 0.15) is 28.8 Å². The van der Waals surface area contributed by atoms with Crippen LogP contribution < -0.4 is 10.1 Å². The van der Waals surface area contributed by atoms with Crippen LogP contribution in [0.4, 0.5) is 18.9 Å². The molecule has 25 heavy (non-hydrogen) atoms. The van der Waals surface area contributed by atoms with Gasteiger partial charge >= 0.3 is 6.36 Å². The summed E-state index contributed by atoms with van der Waals surface area (Å²) in [4.78, 5) is 23.8. The Morgan fingerprint density at radius 2 is 1.56 bits per heavy atom.